The molecule has 0 unspecified atom stereocenters. The third-order valence-electron chi connectivity index (χ3n) is 4.92. The Kier molecular flexibility index (Phi) is 9.17. The molecule has 0 aromatic heterocycles. The number of alkyl halides is 3. The fourth-order valence-corrected chi connectivity index (χ4v) is 4.84. The fraction of sp³-hybridized carbons (Fsp3) is 0.200. The zero-order valence-electron chi connectivity index (χ0n) is 19.6. The van der Waals surface area contributed by atoms with Gasteiger partial charge in [-0.25, -0.2) is 13.8 Å². The first-order chi connectivity index (χ1) is 17.5. The van der Waals surface area contributed by atoms with E-state index in [-0.39, 0.29) is 9.92 Å². The van der Waals surface area contributed by atoms with Gasteiger partial charge in [-0.3, -0.25) is 9.10 Å². The minimum atomic E-state index is -4.76. The molecule has 7 nitrogen and oxygen atoms in total. The molecule has 0 aliphatic rings. The van der Waals surface area contributed by atoms with Crippen molar-refractivity contribution < 1.29 is 31.1 Å². The number of nitrogens with one attached hydrogen (secondary N) is 1. The number of carbonyl (C=O) groups is 1. The van der Waals surface area contributed by atoms with Crippen LogP contribution >= 0.6 is 11.6 Å². The van der Waals surface area contributed by atoms with Gasteiger partial charge in [0.05, 0.1) is 34.0 Å². The molecule has 0 fully saturated rings. The number of halogens is 4. The predicted octanol–water partition coefficient (Wildman–Crippen LogP) is 5.49. The number of rotatable bonds is 10. The van der Waals surface area contributed by atoms with Gasteiger partial charge in [0.1, 0.15) is 12.3 Å². The number of hydrogen-bond donors (Lipinski definition) is 1. The monoisotopic (exact) mass is 553 g/mol. The molecule has 0 radical (unpaired) electrons. The second kappa shape index (κ2) is 12.1. The summed E-state index contributed by atoms with van der Waals surface area (Å²) < 4.78 is 72.7. The molecule has 1 amide bonds. The average molecular weight is 554 g/mol. The van der Waals surface area contributed by atoms with Gasteiger partial charge < -0.3 is 4.74 Å². The molecule has 0 atom stereocenters. The first-order valence-electron chi connectivity index (χ1n) is 11.0. The fourth-order valence-electron chi connectivity index (χ4n) is 3.11. The molecule has 3 aromatic carbocycles. The number of anilines is 1. The van der Waals surface area contributed by atoms with Gasteiger partial charge in [0.2, 0.25) is 0 Å². The van der Waals surface area contributed by atoms with Crippen LogP contribution in [0, 0.1) is 0 Å². The van der Waals surface area contributed by atoms with Crippen molar-refractivity contribution in [3.63, 3.8) is 0 Å². The third kappa shape index (κ3) is 7.46. The maximum Gasteiger partial charge on any atom is 0.416 e. The predicted molar refractivity (Wildman–Crippen MR) is 135 cm³/mol. The molecule has 0 aliphatic heterocycles. The van der Waals surface area contributed by atoms with Crippen LogP contribution in [-0.4, -0.2) is 33.7 Å². The van der Waals surface area contributed by atoms with Crippen LogP contribution in [0.5, 0.6) is 5.75 Å². The molecule has 0 bridgehead atoms. The van der Waals surface area contributed by atoms with Crippen LogP contribution in [0.25, 0.3) is 0 Å². The molecule has 3 rings (SSSR count). The molecule has 0 heterocycles. The summed E-state index contributed by atoms with van der Waals surface area (Å²) in [7, 11) is -4.47. The number of benzene rings is 3. The van der Waals surface area contributed by atoms with E-state index in [0.717, 1.165) is 18.6 Å². The highest BCUT2D eigenvalue weighted by molar-refractivity contribution is 7.92. The van der Waals surface area contributed by atoms with E-state index in [0.29, 0.717) is 28.3 Å². The van der Waals surface area contributed by atoms with E-state index in [2.05, 4.69) is 10.5 Å². The Bertz CT molecular complexity index is 1350. The topological polar surface area (TPSA) is 88.1 Å². The highest BCUT2D eigenvalue weighted by atomic mass is 35.5. The van der Waals surface area contributed by atoms with Crippen molar-refractivity contribution in [2.45, 2.75) is 24.4 Å². The lowest BCUT2D eigenvalue weighted by Crippen LogP contribution is -2.40. The Morgan fingerprint density at radius 2 is 1.76 bits per heavy atom. The van der Waals surface area contributed by atoms with Gasteiger partial charge in [-0.05, 0) is 66.6 Å². The second-order valence-electron chi connectivity index (χ2n) is 7.70. The highest BCUT2D eigenvalue weighted by Crippen LogP contribution is 2.37. The normalized spacial score (nSPS) is 11.9. The zero-order valence-corrected chi connectivity index (χ0v) is 21.1. The van der Waals surface area contributed by atoms with E-state index >= 15 is 0 Å². The zero-order chi connectivity index (χ0) is 27.1. The summed E-state index contributed by atoms with van der Waals surface area (Å²) in [6.07, 6.45) is -2.57. The van der Waals surface area contributed by atoms with Gasteiger partial charge in [0, 0.05) is 0 Å². The lowest BCUT2D eigenvalue weighted by atomic mass is 10.2. The van der Waals surface area contributed by atoms with E-state index in [1.807, 2.05) is 6.92 Å². The molecule has 3 aromatic rings. The van der Waals surface area contributed by atoms with Crippen LogP contribution in [0.2, 0.25) is 5.02 Å². The molecule has 0 aliphatic carbocycles. The summed E-state index contributed by atoms with van der Waals surface area (Å²) >= 11 is 6.10. The van der Waals surface area contributed by atoms with Crippen molar-refractivity contribution in [1.29, 1.82) is 0 Å². The molecule has 12 heteroatoms. The third-order valence-corrected chi connectivity index (χ3v) is 7.01. The Hall–Kier alpha value is -3.57. The number of hydrazone groups is 1. The molecule has 0 spiro atoms. The van der Waals surface area contributed by atoms with Gasteiger partial charge in [-0.1, -0.05) is 36.7 Å². The van der Waals surface area contributed by atoms with E-state index < -0.39 is 39.9 Å². The van der Waals surface area contributed by atoms with Crippen molar-refractivity contribution in [3.8, 4) is 5.75 Å². The maximum absolute atomic E-state index is 13.3. The Labute approximate surface area is 217 Å². The quantitative estimate of drug-likeness (QED) is 0.265. The Morgan fingerprint density at radius 1 is 1.08 bits per heavy atom. The second-order valence-corrected chi connectivity index (χ2v) is 9.97. The number of sulfonamides is 1. The largest absolute Gasteiger partial charge is 0.494 e. The molecule has 196 valence electrons. The molecule has 1 N–H and O–H groups in total. The minimum absolute atomic E-state index is 0.231. The van der Waals surface area contributed by atoms with Crippen molar-refractivity contribution in [3.05, 3.63) is 88.9 Å². The molecular weight excluding hydrogens is 531 g/mol. The minimum Gasteiger partial charge on any atom is -0.494 e. The van der Waals surface area contributed by atoms with E-state index in [9.17, 15) is 26.4 Å². The average Bonchev–Trinajstić information content (AvgIpc) is 2.87. The number of amides is 1. The van der Waals surface area contributed by atoms with Crippen LogP contribution in [0.1, 0.15) is 24.5 Å². The van der Waals surface area contributed by atoms with Gasteiger partial charge in [-0.2, -0.15) is 18.3 Å². The van der Waals surface area contributed by atoms with Gasteiger partial charge in [0.15, 0.2) is 0 Å². The smallest absolute Gasteiger partial charge is 0.416 e. The summed E-state index contributed by atoms with van der Waals surface area (Å²) in [5, 5.41) is 3.53. The first-order valence-corrected chi connectivity index (χ1v) is 12.8. The number of ether oxygens (including phenoxy) is 1. The molecule has 37 heavy (non-hydrogen) atoms. The van der Waals surface area contributed by atoms with Crippen LogP contribution in [-0.2, 0) is 21.0 Å². The first kappa shape index (κ1) is 28.0. The van der Waals surface area contributed by atoms with E-state index in [1.54, 1.807) is 30.3 Å². The SMILES string of the molecule is CCCOc1ccc(/C=N\NC(=O)CN(c2cc(C(F)(F)F)ccc2Cl)S(=O)(=O)c2ccccc2)cc1. The van der Waals surface area contributed by atoms with E-state index in [4.69, 9.17) is 16.3 Å². The standard InChI is InChI=1S/C25H23ClF3N3O4S/c1-2-14-36-20-11-8-18(9-12-20)16-30-31-24(33)17-32(37(34,35)21-6-4-3-5-7-21)23-15-19(25(27,28)29)10-13-22(23)26/h3-13,15-16H,2,14,17H2,1H3,(H,31,33)/b30-16-. The lowest BCUT2D eigenvalue weighted by molar-refractivity contribution is -0.137. The molecule has 0 saturated heterocycles. The Balaban J connectivity index is 1.85. The van der Waals surface area contributed by atoms with Crippen LogP contribution in [0.4, 0.5) is 18.9 Å². The number of hydrogen-bond acceptors (Lipinski definition) is 5. The van der Waals surface area contributed by atoms with Gasteiger partial charge in [-0.15, -0.1) is 0 Å². The molecular formula is C25H23ClF3N3O4S. The summed E-state index contributed by atoms with van der Waals surface area (Å²) in [6, 6.07) is 16.1. The number of carbonyl (C=O) groups excluding carboxylic acids is 1. The van der Waals surface area contributed by atoms with Crippen molar-refractivity contribution >= 4 is 39.4 Å². The van der Waals surface area contributed by atoms with Crippen molar-refractivity contribution in [2.75, 3.05) is 17.5 Å². The summed E-state index contributed by atoms with van der Waals surface area (Å²) in [5.41, 5.74) is 1.20. The van der Waals surface area contributed by atoms with E-state index in [1.165, 1.54) is 30.5 Å². The lowest BCUT2D eigenvalue weighted by Gasteiger charge is -2.25. The van der Waals surface area contributed by atoms with Crippen molar-refractivity contribution in [1.82, 2.24) is 5.43 Å². The Morgan fingerprint density at radius 3 is 2.38 bits per heavy atom. The van der Waals surface area contributed by atoms with Crippen molar-refractivity contribution in [2.24, 2.45) is 5.10 Å². The molecule has 0 saturated carbocycles. The van der Waals surface area contributed by atoms with Gasteiger partial charge in [0.25, 0.3) is 15.9 Å². The summed E-state index contributed by atoms with van der Waals surface area (Å²) in [6.45, 7) is 1.68. The van der Waals surface area contributed by atoms with Crippen LogP contribution < -0.4 is 14.5 Å². The summed E-state index contributed by atoms with van der Waals surface area (Å²) in [5.74, 6) is -0.227. The van der Waals surface area contributed by atoms with Crippen LogP contribution in [0.3, 0.4) is 0 Å². The van der Waals surface area contributed by atoms with Crippen LogP contribution in [0.15, 0.2) is 82.8 Å². The summed E-state index contributed by atoms with van der Waals surface area (Å²) in [4.78, 5) is 12.4. The maximum atomic E-state index is 13.3. The highest BCUT2D eigenvalue weighted by Gasteiger charge is 2.34. The number of nitrogens with zero attached hydrogens (tertiary/aromatic N) is 2. The van der Waals surface area contributed by atoms with Gasteiger partial charge >= 0.3 is 6.18 Å².